The van der Waals surface area contributed by atoms with Crippen molar-refractivity contribution in [1.29, 1.82) is 0 Å². The number of nitrogens with one attached hydrogen (secondary N) is 3. The maximum Gasteiger partial charge on any atom is 0.257 e. The first-order valence-electron chi connectivity index (χ1n) is 7.87. The fourth-order valence-corrected chi connectivity index (χ4v) is 2.71. The van der Waals surface area contributed by atoms with Crippen LogP contribution in [0.15, 0.2) is 60.3 Å². The topological polar surface area (TPSA) is 79.5 Å². The summed E-state index contributed by atoms with van der Waals surface area (Å²) in [4.78, 5) is 24.2. The van der Waals surface area contributed by atoms with E-state index in [9.17, 15) is 9.59 Å². The van der Waals surface area contributed by atoms with Gasteiger partial charge >= 0.3 is 0 Å². The fourth-order valence-electron chi connectivity index (χ4n) is 2.71. The molecule has 3 rings (SSSR count). The van der Waals surface area contributed by atoms with Crippen LogP contribution >= 0.6 is 0 Å². The van der Waals surface area contributed by atoms with Gasteiger partial charge in [-0.05, 0) is 17.7 Å². The first-order chi connectivity index (χ1) is 12.1. The lowest BCUT2D eigenvalue weighted by Gasteiger charge is -2.23. The summed E-state index contributed by atoms with van der Waals surface area (Å²) in [6, 6.07) is 16.8. The molecular weight excluding hydrogens is 318 g/mol. The van der Waals surface area contributed by atoms with Gasteiger partial charge in [0.1, 0.15) is 0 Å². The zero-order chi connectivity index (χ0) is 17.8. The second-order valence-corrected chi connectivity index (χ2v) is 5.60. The number of carbonyl (C=O) groups excluding carboxylic acids is 2. The van der Waals surface area contributed by atoms with Gasteiger partial charge in [-0.2, -0.15) is 0 Å². The molecule has 2 aromatic carbocycles. The van der Waals surface area contributed by atoms with E-state index in [1.54, 1.807) is 12.1 Å². The Balaban J connectivity index is 2.15. The highest BCUT2D eigenvalue weighted by Crippen LogP contribution is 2.28. The SMILES string of the molecule is CO[C@@H](NC(C)=O)C1=C(c2ccccc2)Nc2ccccc2C(=O)N1. The van der Waals surface area contributed by atoms with Gasteiger partial charge in [0, 0.05) is 14.0 Å². The van der Waals surface area contributed by atoms with Gasteiger partial charge < -0.3 is 20.7 Å². The van der Waals surface area contributed by atoms with Crippen LogP contribution in [0.4, 0.5) is 5.69 Å². The van der Waals surface area contributed by atoms with Crippen molar-refractivity contribution in [2.75, 3.05) is 12.4 Å². The van der Waals surface area contributed by atoms with Crippen LogP contribution in [-0.2, 0) is 9.53 Å². The average Bonchev–Trinajstić information content (AvgIpc) is 2.77. The highest BCUT2D eigenvalue weighted by atomic mass is 16.5. The molecule has 1 aliphatic rings. The van der Waals surface area contributed by atoms with Gasteiger partial charge in [-0.1, -0.05) is 42.5 Å². The van der Waals surface area contributed by atoms with Crippen molar-refractivity contribution in [1.82, 2.24) is 10.6 Å². The molecule has 0 saturated carbocycles. The van der Waals surface area contributed by atoms with E-state index in [1.807, 2.05) is 42.5 Å². The monoisotopic (exact) mass is 337 g/mol. The van der Waals surface area contributed by atoms with Crippen molar-refractivity contribution in [2.45, 2.75) is 13.2 Å². The number of rotatable bonds is 4. The van der Waals surface area contributed by atoms with E-state index in [4.69, 9.17) is 4.74 Å². The quantitative estimate of drug-likeness (QED) is 0.748. The molecule has 128 valence electrons. The number of methoxy groups -OCH3 is 1. The van der Waals surface area contributed by atoms with Crippen molar-refractivity contribution in [2.24, 2.45) is 0 Å². The van der Waals surface area contributed by atoms with Crippen LogP contribution in [0.5, 0.6) is 0 Å². The third kappa shape index (κ3) is 3.54. The highest BCUT2D eigenvalue weighted by Gasteiger charge is 2.27. The molecule has 1 atom stereocenters. The summed E-state index contributed by atoms with van der Waals surface area (Å²) in [5.74, 6) is -0.529. The van der Waals surface area contributed by atoms with Gasteiger partial charge in [0.05, 0.1) is 22.6 Å². The van der Waals surface area contributed by atoms with E-state index in [0.717, 1.165) is 5.56 Å². The Kier molecular flexibility index (Phi) is 4.81. The number of hydrogen-bond donors (Lipinski definition) is 3. The molecule has 6 nitrogen and oxygen atoms in total. The second kappa shape index (κ2) is 7.19. The minimum atomic E-state index is -0.793. The van der Waals surface area contributed by atoms with Crippen molar-refractivity contribution in [3.05, 3.63) is 71.4 Å². The van der Waals surface area contributed by atoms with Gasteiger partial charge in [0.15, 0.2) is 6.23 Å². The van der Waals surface area contributed by atoms with Crippen molar-refractivity contribution < 1.29 is 14.3 Å². The number of anilines is 1. The summed E-state index contributed by atoms with van der Waals surface area (Å²) in [5.41, 5.74) is 3.18. The molecule has 25 heavy (non-hydrogen) atoms. The molecule has 2 aromatic rings. The number of amides is 2. The summed E-state index contributed by atoms with van der Waals surface area (Å²) < 4.78 is 5.41. The van der Waals surface area contributed by atoms with E-state index in [-0.39, 0.29) is 11.8 Å². The zero-order valence-electron chi connectivity index (χ0n) is 14.0. The molecule has 0 bridgehead atoms. The summed E-state index contributed by atoms with van der Waals surface area (Å²) in [5, 5.41) is 8.89. The maximum absolute atomic E-state index is 12.6. The number of hydrogen-bond acceptors (Lipinski definition) is 4. The molecule has 0 fully saturated rings. The standard InChI is InChI=1S/C19H19N3O3/c1-12(23)20-19(25-2)17-16(13-8-4-3-5-9-13)21-15-11-7-6-10-14(15)18(24)22-17/h3-11,19,21H,1-2H3,(H,20,23)(H,22,24)/t19-/m1/s1. The molecule has 3 N–H and O–H groups in total. The first kappa shape index (κ1) is 16.7. The predicted octanol–water partition coefficient (Wildman–Crippen LogP) is 2.32. The smallest absolute Gasteiger partial charge is 0.257 e. The maximum atomic E-state index is 12.6. The van der Waals surface area contributed by atoms with Crippen LogP contribution < -0.4 is 16.0 Å². The molecule has 0 radical (unpaired) electrons. The Morgan fingerprint density at radius 2 is 1.72 bits per heavy atom. The number of para-hydroxylation sites is 1. The van der Waals surface area contributed by atoms with Crippen molar-refractivity contribution in [3.8, 4) is 0 Å². The van der Waals surface area contributed by atoms with Crippen LogP contribution in [-0.4, -0.2) is 25.2 Å². The number of carbonyl (C=O) groups is 2. The number of ether oxygens (including phenoxy) is 1. The lowest BCUT2D eigenvalue weighted by Crippen LogP contribution is -2.42. The number of fused-ring (bicyclic) bond motifs is 1. The number of benzene rings is 2. The van der Waals surface area contributed by atoms with Gasteiger partial charge in [0.2, 0.25) is 5.91 Å². The third-order valence-corrected chi connectivity index (χ3v) is 3.84. The largest absolute Gasteiger partial charge is 0.356 e. The Bertz CT molecular complexity index is 831. The minimum absolute atomic E-state index is 0.261. The lowest BCUT2D eigenvalue weighted by molar-refractivity contribution is -0.121. The normalized spacial score (nSPS) is 14.7. The molecule has 0 spiro atoms. The molecular formula is C19H19N3O3. The van der Waals surface area contributed by atoms with E-state index < -0.39 is 6.23 Å². The Morgan fingerprint density at radius 1 is 1.04 bits per heavy atom. The molecule has 1 heterocycles. The average molecular weight is 337 g/mol. The molecule has 2 amide bonds. The summed E-state index contributed by atoms with van der Waals surface area (Å²) >= 11 is 0. The van der Waals surface area contributed by atoms with Crippen LogP contribution in [0.2, 0.25) is 0 Å². The van der Waals surface area contributed by atoms with Crippen LogP contribution in [0, 0.1) is 0 Å². The second-order valence-electron chi connectivity index (χ2n) is 5.60. The Hall–Kier alpha value is -3.12. The van der Waals surface area contributed by atoms with E-state index >= 15 is 0 Å². The predicted molar refractivity (Wildman–Crippen MR) is 95.5 cm³/mol. The summed E-state index contributed by atoms with van der Waals surface area (Å²) in [6.45, 7) is 1.40. The minimum Gasteiger partial charge on any atom is -0.356 e. The van der Waals surface area contributed by atoms with Gasteiger partial charge in [-0.3, -0.25) is 9.59 Å². The molecule has 0 saturated heterocycles. The van der Waals surface area contributed by atoms with Gasteiger partial charge in [-0.25, -0.2) is 0 Å². The van der Waals surface area contributed by atoms with Crippen LogP contribution in [0.1, 0.15) is 22.8 Å². The van der Waals surface area contributed by atoms with Crippen LogP contribution in [0.3, 0.4) is 0 Å². The van der Waals surface area contributed by atoms with E-state index in [1.165, 1.54) is 14.0 Å². The molecule has 0 aliphatic carbocycles. The Labute approximate surface area is 145 Å². The molecule has 1 aliphatic heterocycles. The fraction of sp³-hybridized carbons (Fsp3) is 0.158. The third-order valence-electron chi connectivity index (χ3n) is 3.84. The summed E-state index contributed by atoms with van der Waals surface area (Å²) in [6.07, 6.45) is -0.793. The lowest BCUT2D eigenvalue weighted by atomic mass is 10.1. The molecule has 0 unspecified atom stereocenters. The van der Waals surface area contributed by atoms with Gasteiger partial charge in [0.25, 0.3) is 5.91 Å². The zero-order valence-corrected chi connectivity index (χ0v) is 14.0. The van der Waals surface area contributed by atoms with Crippen LogP contribution in [0.25, 0.3) is 5.70 Å². The van der Waals surface area contributed by atoms with E-state index in [2.05, 4.69) is 16.0 Å². The summed E-state index contributed by atoms with van der Waals surface area (Å²) in [7, 11) is 1.47. The molecule has 0 aromatic heterocycles. The van der Waals surface area contributed by atoms with E-state index in [0.29, 0.717) is 22.6 Å². The first-order valence-corrected chi connectivity index (χ1v) is 7.87. The van der Waals surface area contributed by atoms with Crippen molar-refractivity contribution in [3.63, 3.8) is 0 Å². The molecule has 6 heteroatoms. The Morgan fingerprint density at radius 3 is 2.40 bits per heavy atom. The van der Waals surface area contributed by atoms with Gasteiger partial charge in [-0.15, -0.1) is 0 Å². The van der Waals surface area contributed by atoms with Crippen molar-refractivity contribution >= 4 is 23.2 Å². The highest BCUT2D eigenvalue weighted by molar-refractivity contribution is 6.05.